The van der Waals surface area contributed by atoms with Crippen LogP contribution in [0.1, 0.15) is 39.2 Å². The lowest BCUT2D eigenvalue weighted by Gasteiger charge is -2.40. The Morgan fingerprint density at radius 3 is 2.43 bits per heavy atom. The summed E-state index contributed by atoms with van der Waals surface area (Å²) in [6, 6.07) is 5.81. The van der Waals surface area contributed by atoms with E-state index in [1.165, 1.54) is 5.56 Å². The van der Waals surface area contributed by atoms with Crippen molar-refractivity contribution in [3.8, 4) is 0 Å². The maximum Gasteiger partial charge on any atom is 0.0471 e. The van der Waals surface area contributed by atoms with Crippen LogP contribution in [-0.4, -0.2) is 25.3 Å². The molecule has 2 rings (SSSR count). The van der Waals surface area contributed by atoms with Gasteiger partial charge in [0.05, 0.1) is 0 Å². The fraction of sp³-hybridized carbons (Fsp3) is 0.647. The fourth-order valence-corrected chi connectivity index (χ4v) is 3.22. The summed E-state index contributed by atoms with van der Waals surface area (Å²) >= 11 is 12.4. The van der Waals surface area contributed by atoms with Crippen molar-refractivity contribution in [3.63, 3.8) is 0 Å². The Morgan fingerprint density at radius 1 is 1.19 bits per heavy atom. The number of hydrogen-bond donors (Lipinski definition) is 1. The smallest absolute Gasteiger partial charge is 0.0471 e. The van der Waals surface area contributed by atoms with Crippen molar-refractivity contribution in [2.75, 3.05) is 19.8 Å². The quantitative estimate of drug-likeness (QED) is 0.862. The lowest BCUT2D eigenvalue weighted by molar-refractivity contribution is 0.0121. The van der Waals surface area contributed by atoms with Crippen molar-refractivity contribution in [1.29, 1.82) is 0 Å². The summed E-state index contributed by atoms with van der Waals surface area (Å²) in [5.74, 6) is 0. The Morgan fingerprint density at radius 2 is 1.86 bits per heavy atom. The Labute approximate surface area is 138 Å². The van der Waals surface area contributed by atoms with Crippen molar-refractivity contribution in [1.82, 2.24) is 5.32 Å². The number of nitrogens with one attached hydrogen (secondary N) is 1. The lowest BCUT2D eigenvalue weighted by Crippen LogP contribution is -2.47. The van der Waals surface area contributed by atoms with Gasteiger partial charge in [-0.2, -0.15) is 0 Å². The van der Waals surface area contributed by atoms with Crippen LogP contribution in [0, 0.1) is 5.41 Å². The molecule has 1 aliphatic heterocycles. The second-order valence-corrected chi connectivity index (χ2v) is 7.97. The van der Waals surface area contributed by atoms with E-state index in [2.05, 4.69) is 32.2 Å². The molecule has 4 heteroatoms. The molecule has 0 atom stereocenters. The van der Waals surface area contributed by atoms with E-state index in [1.807, 2.05) is 12.1 Å². The predicted molar refractivity (Wildman–Crippen MR) is 90.4 cm³/mol. The molecular weight excluding hydrogens is 305 g/mol. The van der Waals surface area contributed by atoms with Crippen LogP contribution >= 0.6 is 23.2 Å². The minimum atomic E-state index is 0.120. The van der Waals surface area contributed by atoms with Crippen molar-refractivity contribution >= 4 is 23.2 Å². The Kier molecular flexibility index (Phi) is 5.59. The van der Waals surface area contributed by atoms with Gasteiger partial charge in [0.1, 0.15) is 0 Å². The highest BCUT2D eigenvalue weighted by molar-refractivity contribution is 6.35. The van der Waals surface area contributed by atoms with Gasteiger partial charge < -0.3 is 10.1 Å². The van der Waals surface area contributed by atoms with E-state index < -0.39 is 0 Å². The predicted octanol–water partition coefficient (Wildman–Crippen LogP) is 4.72. The van der Waals surface area contributed by atoms with E-state index in [-0.39, 0.29) is 11.0 Å². The number of ether oxygens (including phenoxy) is 1. The second kappa shape index (κ2) is 6.87. The van der Waals surface area contributed by atoms with E-state index in [0.29, 0.717) is 5.02 Å². The van der Waals surface area contributed by atoms with Crippen molar-refractivity contribution in [3.05, 3.63) is 33.8 Å². The Balaban J connectivity index is 2.15. The normalized spacial score (nSPS) is 18.7. The molecule has 0 bridgehead atoms. The minimum Gasteiger partial charge on any atom is -0.381 e. The first-order valence-electron chi connectivity index (χ1n) is 7.56. The van der Waals surface area contributed by atoms with Gasteiger partial charge in [0, 0.05) is 35.3 Å². The first-order valence-corrected chi connectivity index (χ1v) is 8.32. The summed E-state index contributed by atoms with van der Waals surface area (Å²) < 4.78 is 5.56. The second-order valence-electron chi connectivity index (χ2n) is 7.13. The lowest BCUT2D eigenvalue weighted by atomic mass is 9.74. The van der Waals surface area contributed by atoms with Crippen LogP contribution in [0.4, 0.5) is 0 Å². The van der Waals surface area contributed by atoms with E-state index in [9.17, 15) is 0 Å². The molecular formula is C17H25Cl2NO. The molecule has 1 aromatic carbocycles. The molecule has 0 amide bonds. The number of rotatable bonds is 4. The highest BCUT2D eigenvalue weighted by atomic mass is 35.5. The van der Waals surface area contributed by atoms with Gasteiger partial charge in [-0.15, -0.1) is 0 Å². The summed E-state index contributed by atoms with van der Waals surface area (Å²) in [6.07, 6.45) is 3.10. The monoisotopic (exact) mass is 329 g/mol. The third kappa shape index (κ3) is 5.14. The van der Waals surface area contributed by atoms with Crippen LogP contribution in [0.15, 0.2) is 18.2 Å². The average Bonchev–Trinajstić information content (AvgIpc) is 2.41. The van der Waals surface area contributed by atoms with Crippen LogP contribution < -0.4 is 5.32 Å². The standard InChI is InChI=1S/C17H25Cl2NO/c1-16(2,3)20-12-17(6-8-21-9-7-17)11-13-4-5-14(18)10-15(13)19/h4-5,10,20H,6-9,11-12H2,1-3H3. The van der Waals surface area contributed by atoms with Crippen molar-refractivity contribution < 1.29 is 4.74 Å². The van der Waals surface area contributed by atoms with Crippen molar-refractivity contribution in [2.24, 2.45) is 5.41 Å². The largest absolute Gasteiger partial charge is 0.381 e. The Hall–Kier alpha value is -0.280. The third-order valence-corrected chi connectivity index (χ3v) is 4.71. The summed E-state index contributed by atoms with van der Waals surface area (Å²) in [7, 11) is 0. The Bertz CT molecular complexity index is 476. The van der Waals surface area contributed by atoms with Crippen molar-refractivity contribution in [2.45, 2.75) is 45.6 Å². The van der Waals surface area contributed by atoms with Gasteiger partial charge >= 0.3 is 0 Å². The molecule has 1 aromatic rings. The molecule has 1 heterocycles. The number of hydrogen-bond acceptors (Lipinski definition) is 2. The first-order chi connectivity index (χ1) is 9.80. The third-order valence-electron chi connectivity index (χ3n) is 4.13. The zero-order valence-corrected chi connectivity index (χ0v) is 14.7. The summed E-state index contributed by atoms with van der Waals surface area (Å²) in [4.78, 5) is 0. The fourth-order valence-electron chi connectivity index (χ4n) is 2.74. The number of benzene rings is 1. The molecule has 1 saturated heterocycles. The van der Waals surface area contributed by atoms with Crippen LogP contribution in [-0.2, 0) is 11.2 Å². The summed E-state index contributed by atoms with van der Waals surface area (Å²) in [6.45, 7) is 9.26. The molecule has 0 aromatic heterocycles. The van der Waals surface area contributed by atoms with Gasteiger partial charge in [-0.3, -0.25) is 0 Å². The maximum absolute atomic E-state index is 6.36. The van der Waals surface area contributed by atoms with Crippen LogP contribution in [0.25, 0.3) is 0 Å². The summed E-state index contributed by atoms with van der Waals surface area (Å²) in [5.41, 5.74) is 1.51. The SMILES string of the molecule is CC(C)(C)NCC1(Cc2ccc(Cl)cc2Cl)CCOCC1. The minimum absolute atomic E-state index is 0.120. The molecule has 0 spiro atoms. The number of halogens is 2. The van der Waals surface area contributed by atoms with Gasteiger partial charge in [0.2, 0.25) is 0 Å². The zero-order valence-electron chi connectivity index (χ0n) is 13.1. The summed E-state index contributed by atoms with van der Waals surface area (Å²) in [5, 5.41) is 5.12. The van der Waals surface area contributed by atoms with E-state index in [0.717, 1.165) is 44.0 Å². The van der Waals surface area contributed by atoms with Gasteiger partial charge in [-0.25, -0.2) is 0 Å². The topological polar surface area (TPSA) is 21.3 Å². The molecule has 1 N–H and O–H groups in total. The highest BCUT2D eigenvalue weighted by Crippen LogP contribution is 2.36. The molecule has 0 unspecified atom stereocenters. The van der Waals surface area contributed by atoms with E-state index >= 15 is 0 Å². The van der Waals surface area contributed by atoms with E-state index in [4.69, 9.17) is 27.9 Å². The molecule has 118 valence electrons. The van der Waals surface area contributed by atoms with Crippen LogP contribution in [0.2, 0.25) is 10.0 Å². The maximum atomic E-state index is 6.36. The van der Waals surface area contributed by atoms with Gasteiger partial charge in [0.15, 0.2) is 0 Å². The zero-order chi connectivity index (χ0) is 15.5. The van der Waals surface area contributed by atoms with Crippen LogP contribution in [0.3, 0.4) is 0 Å². The molecule has 0 radical (unpaired) electrons. The van der Waals surface area contributed by atoms with Crippen LogP contribution in [0.5, 0.6) is 0 Å². The molecule has 1 aliphatic rings. The first kappa shape index (κ1) is 17.1. The molecule has 0 saturated carbocycles. The van der Waals surface area contributed by atoms with Gasteiger partial charge in [0.25, 0.3) is 0 Å². The highest BCUT2D eigenvalue weighted by Gasteiger charge is 2.34. The average molecular weight is 330 g/mol. The van der Waals surface area contributed by atoms with Gasteiger partial charge in [-0.1, -0.05) is 29.3 Å². The molecule has 2 nitrogen and oxygen atoms in total. The molecule has 21 heavy (non-hydrogen) atoms. The van der Waals surface area contributed by atoms with Gasteiger partial charge in [-0.05, 0) is 63.1 Å². The van der Waals surface area contributed by atoms with E-state index in [1.54, 1.807) is 0 Å². The molecule has 1 fully saturated rings. The molecule has 0 aliphatic carbocycles.